The molecule has 1 spiro atoms. The number of aromatic nitrogens is 4. The zero-order valence-electron chi connectivity index (χ0n) is 19.8. The summed E-state index contributed by atoms with van der Waals surface area (Å²) in [6, 6.07) is 16.9. The fourth-order valence-electron chi connectivity index (χ4n) is 5.65. The first-order valence-electron chi connectivity index (χ1n) is 12.0. The summed E-state index contributed by atoms with van der Waals surface area (Å²) in [5.41, 5.74) is 5.20. The van der Waals surface area contributed by atoms with Crippen molar-refractivity contribution in [3.8, 4) is 16.9 Å². The van der Waals surface area contributed by atoms with Crippen molar-refractivity contribution in [1.29, 1.82) is 0 Å². The Labute approximate surface area is 203 Å². The van der Waals surface area contributed by atoms with Crippen LogP contribution < -0.4 is 10.6 Å². The number of nitrogens with zero attached hydrogens (tertiary/aromatic N) is 4. The number of benzene rings is 2. The number of carbonyl (C=O) groups excluding carboxylic acids is 1. The number of urea groups is 1. The van der Waals surface area contributed by atoms with Crippen LogP contribution in [0.4, 0.5) is 10.6 Å². The molecule has 0 saturated heterocycles. The first-order chi connectivity index (χ1) is 17.0. The standard InChI is InChI=1S/C27H28N6O2/c1-17-22(18-15-28-32(2)16-18)31-33(19-9-4-3-5-10-19)25(17)30-26(35)29-23-20-11-6-7-12-21(20)27(24(23)34)13-8-14-27/h3-7,9-12,15-16,23-24,34H,8,13-14H2,1-2H3,(H2,29,30,35)/t23?,24-/m0/s1. The molecule has 3 N–H and O–H groups in total. The molecule has 8 heteroatoms. The highest BCUT2D eigenvalue weighted by molar-refractivity contribution is 5.91. The van der Waals surface area contributed by atoms with Crippen LogP contribution in [0.2, 0.25) is 0 Å². The molecule has 1 saturated carbocycles. The Kier molecular flexibility index (Phi) is 5.00. The van der Waals surface area contributed by atoms with Gasteiger partial charge in [0.15, 0.2) is 0 Å². The molecule has 0 radical (unpaired) electrons. The average Bonchev–Trinajstić information content (AvgIpc) is 3.48. The van der Waals surface area contributed by atoms with Crippen LogP contribution >= 0.6 is 0 Å². The number of hydrogen-bond donors (Lipinski definition) is 3. The molecule has 6 rings (SSSR count). The molecule has 2 aromatic carbocycles. The minimum absolute atomic E-state index is 0.246. The van der Waals surface area contributed by atoms with E-state index in [-0.39, 0.29) is 11.4 Å². The monoisotopic (exact) mass is 468 g/mol. The summed E-state index contributed by atoms with van der Waals surface area (Å²) in [5, 5.41) is 26.4. The number of anilines is 1. The number of fused-ring (bicyclic) bond motifs is 2. The van der Waals surface area contributed by atoms with Crippen LogP contribution in [0.5, 0.6) is 0 Å². The number of rotatable bonds is 4. The molecule has 2 atom stereocenters. The molecule has 2 heterocycles. The van der Waals surface area contributed by atoms with E-state index in [0.717, 1.165) is 52.9 Å². The van der Waals surface area contributed by atoms with Crippen LogP contribution in [0.15, 0.2) is 67.0 Å². The van der Waals surface area contributed by atoms with E-state index < -0.39 is 12.1 Å². The highest BCUT2D eigenvalue weighted by Crippen LogP contribution is 2.56. The Morgan fingerprint density at radius 2 is 1.86 bits per heavy atom. The van der Waals surface area contributed by atoms with Gasteiger partial charge in [0, 0.05) is 29.8 Å². The van der Waals surface area contributed by atoms with Crippen molar-refractivity contribution < 1.29 is 9.90 Å². The molecule has 1 fully saturated rings. The van der Waals surface area contributed by atoms with Crippen LogP contribution in [0.3, 0.4) is 0 Å². The second-order valence-electron chi connectivity index (χ2n) is 9.59. The van der Waals surface area contributed by atoms with Gasteiger partial charge in [0.2, 0.25) is 0 Å². The second-order valence-corrected chi connectivity index (χ2v) is 9.59. The van der Waals surface area contributed by atoms with Crippen molar-refractivity contribution in [1.82, 2.24) is 24.9 Å². The lowest BCUT2D eigenvalue weighted by Gasteiger charge is -2.43. The Hall–Kier alpha value is -3.91. The van der Waals surface area contributed by atoms with Crippen molar-refractivity contribution >= 4 is 11.8 Å². The van der Waals surface area contributed by atoms with Crippen molar-refractivity contribution in [3.63, 3.8) is 0 Å². The molecule has 0 bridgehead atoms. The van der Waals surface area contributed by atoms with Gasteiger partial charge in [0.1, 0.15) is 11.5 Å². The maximum absolute atomic E-state index is 13.3. The summed E-state index contributed by atoms with van der Waals surface area (Å²) in [6.07, 6.45) is 6.00. The minimum atomic E-state index is -0.648. The van der Waals surface area contributed by atoms with E-state index in [1.165, 1.54) is 0 Å². The van der Waals surface area contributed by atoms with Gasteiger partial charge in [-0.05, 0) is 43.0 Å². The van der Waals surface area contributed by atoms with Gasteiger partial charge < -0.3 is 10.4 Å². The lowest BCUT2D eigenvalue weighted by Crippen LogP contribution is -2.47. The van der Waals surface area contributed by atoms with Crippen molar-refractivity contribution in [3.05, 3.63) is 83.7 Å². The molecular formula is C27H28N6O2. The van der Waals surface area contributed by atoms with E-state index in [9.17, 15) is 9.90 Å². The smallest absolute Gasteiger partial charge is 0.320 e. The number of para-hydroxylation sites is 1. The predicted molar refractivity (Wildman–Crippen MR) is 133 cm³/mol. The molecule has 8 nitrogen and oxygen atoms in total. The highest BCUT2D eigenvalue weighted by Gasteiger charge is 2.55. The number of carbonyl (C=O) groups is 1. The molecule has 35 heavy (non-hydrogen) atoms. The first kappa shape index (κ1) is 21.6. The third-order valence-electron chi connectivity index (χ3n) is 7.58. The average molecular weight is 469 g/mol. The molecule has 2 aromatic heterocycles. The van der Waals surface area contributed by atoms with Gasteiger partial charge >= 0.3 is 6.03 Å². The van der Waals surface area contributed by atoms with Gasteiger partial charge in [-0.1, -0.05) is 48.9 Å². The van der Waals surface area contributed by atoms with Crippen molar-refractivity contribution in [2.45, 2.75) is 43.7 Å². The van der Waals surface area contributed by atoms with Gasteiger partial charge in [-0.15, -0.1) is 0 Å². The molecule has 0 aliphatic heterocycles. The summed E-state index contributed by atoms with van der Waals surface area (Å²) in [6.45, 7) is 1.94. The molecule has 2 amide bonds. The highest BCUT2D eigenvalue weighted by atomic mass is 16.3. The van der Waals surface area contributed by atoms with E-state index in [0.29, 0.717) is 5.82 Å². The van der Waals surface area contributed by atoms with Crippen molar-refractivity contribution in [2.75, 3.05) is 5.32 Å². The number of aryl methyl sites for hydroxylation is 1. The zero-order chi connectivity index (χ0) is 24.2. The predicted octanol–water partition coefficient (Wildman–Crippen LogP) is 4.24. The van der Waals surface area contributed by atoms with E-state index in [2.05, 4.69) is 21.8 Å². The van der Waals surface area contributed by atoms with E-state index in [1.54, 1.807) is 15.6 Å². The molecule has 2 aliphatic rings. The molecule has 1 unspecified atom stereocenters. The quantitative estimate of drug-likeness (QED) is 0.417. The Balaban J connectivity index is 1.33. The third kappa shape index (κ3) is 3.36. The molecule has 4 aromatic rings. The van der Waals surface area contributed by atoms with Gasteiger partial charge in [-0.3, -0.25) is 10.00 Å². The van der Waals surface area contributed by atoms with Crippen molar-refractivity contribution in [2.24, 2.45) is 7.05 Å². The lowest BCUT2D eigenvalue weighted by atomic mass is 9.63. The third-order valence-corrected chi connectivity index (χ3v) is 7.58. The van der Waals surface area contributed by atoms with Gasteiger partial charge in [-0.2, -0.15) is 10.2 Å². The lowest BCUT2D eigenvalue weighted by molar-refractivity contribution is 0.0212. The summed E-state index contributed by atoms with van der Waals surface area (Å²) >= 11 is 0. The molecule has 2 aliphatic carbocycles. The fourth-order valence-corrected chi connectivity index (χ4v) is 5.65. The second kappa shape index (κ2) is 8.09. The number of nitrogens with one attached hydrogen (secondary N) is 2. The summed E-state index contributed by atoms with van der Waals surface area (Å²) in [5.74, 6) is 0.576. The van der Waals surface area contributed by atoms with Crippen LogP contribution in [0.1, 0.15) is 42.0 Å². The van der Waals surface area contributed by atoms with E-state index in [4.69, 9.17) is 5.10 Å². The number of aliphatic hydroxyl groups is 1. The normalized spacial score (nSPS) is 19.9. The SMILES string of the molecule is Cc1c(-c2cnn(C)c2)nn(-c2ccccc2)c1NC(=O)NC1c2ccccc2C2(CCC2)[C@H]1O. The number of hydrogen-bond acceptors (Lipinski definition) is 4. The Morgan fingerprint density at radius 3 is 2.54 bits per heavy atom. The summed E-state index contributed by atoms with van der Waals surface area (Å²) in [4.78, 5) is 13.3. The van der Waals surface area contributed by atoms with Gasteiger partial charge in [-0.25, -0.2) is 9.48 Å². The summed E-state index contributed by atoms with van der Waals surface area (Å²) < 4.78 is 3.47. The maximum Gasteiger partial charge on any atom is 0.320 e. The fraction of sp³-hybridized carbons (Fsp3) is 0.296. The Morgan fingerprint density at radius 1 is 1.11 bits per heavy atom. The van der Waals surface area contributed by atoms with Crippen LogP contribution in [-0.4, -0.2) is 36.8 Å². The van der Waals surface area contributed by atoms with Gasteiger partial charge in [0.25, 0.3) is 0 Å². The van der Waals surface area contributed by atoms with Crippen LogP contribution in [0.25, 0.3) is 16.9 Å². The van der Waals surface area contributed by atoms with E-state index >= 15 is 0 Å². The topological polar surface area (TPSA) is 97.0 Å². The maximum atomic E-state index is 13.3. The minimum Gasteiger partial charge on any atom is -0.390 e. The zero-order valence-corrected chi connectivity index (χ0v) is 19.8. The molecule has 178 valence electrons. The first-order valence-corrected chi connectivity index (χ1v) is 12.0. The van der Waals surface area contributed by atoms with Crippen LogP contribution in [-0.2, 0) is 12.5 Å². The number of aliphatic hydroxyl groups excluding tert-OH is 1. The Bertz CT molecular complexity index is 1400. The van der Waals surface area contributed by atoms with Crippen LogP contribution in [0, 0.1) is 6.92 Å². The molecular weight excluding hydrogens is 440 g/mol. The summed E-state index contributed by atoms with van der Waals surface area (Å²) in [7, 11) is 1.86. The largest absolute Gasteiger partial charge is 0.390 e. The van der Waals surface area contributed by atoms with E-state index in [1.807, 2.05) is 68.7 Å². The number of amides is 2. The van der Waals surface area contributed by atoms with Gasteiger partial charge in [0.05, 0.1) is 24.0 Å².